The van der Waals surface area contributed by atoms with Crippen LogP contribution in [-0.4, -0.2) is 4.98 Å². The molecule has 2 rings (SSSR count). The number of rotatable bonds is 1. The minimum Gasteiger partial charge on any atom is -0.256 e. The fourth-order valence-corrected chi connectivity index (χ4v) is 1.89. The van der Waals surface area contributed by atoms with E-state index in [9.17, 15) is 17.6 Å². The maximum atomic E-state index is 13.5. The number of hydrogen-bond donors (Lipinski definition) is 0. The summed E-state index contributed by atoms with van der Waals surface area (Å²) in [4.78, 5) is 3.76. The van der Waals surface area contributed by atoms with Gasteiger partial charge in [0.15, 0.2) is 23.3 Å². The van der Waals surface area contributed by atoms with Gasteiger partial charge in [0.25, 0.3) is 0 Å². The van der Waals surface area contributed by atoms with E-state index in [4.69, 9.17) is 0 Å². The van der Waals surface area contributed by atoms with E-state index in [1.807, 2.05) is 0 Å². The van der Waals surface area contributed by atoms with E-state index in [1.54, 1.807) is 6.07 Å². The second kappa shape index (κ2) is 4.44. The average molecular weight is 306 g/mol. The molecule has 0 radical (unpaired) electrons. The number of hydrogen-bond acceptors (Lipinski definition) is 1. The molecular formula is C11H4BrF4N. The van der Waals surface area contributed by atoms with Crippen molar-refractivity contribution in [2.75, 3.05) is 0 Å². The molecule has 1 aromatic heterocycles. The van der Waals surface area contributed by atoms with Gasteiger partial charge in [-0.2, -0.15) is 0 Å². The molecule has 1 nitrogen and oxygen atoms in total. The van der Waals surface area contributed by atoms with E-state index < -0.39 is 33.3 Å². The Bertz CT molecular complexity index is 542. The Morgan fingerprint density at radius 3 is 2.12 bits per heavy atom. The van der Waals surface area contributed by atoms with Crippen LogP contribution in [0.4, 0.5) is 17.6 Å². The summed E-state index contributed by atoms with van der Waals surface area (Å²) in [5, 5.41) is 0. The molecule has 0 N–H and O–H groups in total. The minimum atomic E-state index is -1.86. The van der Waals surface area contributed by atoms with Crippen molar-refractivity contribution in [3.63, 3.8) is 0 Å². The van der Waals surface area contributed by atoms with Gasteiger partial charge in [-0.3, -0.25) is 4.98 Å². The third kappa shape index (κ3) is 1.93. The van der Waals surface area contributed by atoms with E-state index in [0.29, 0.717) is 0 Å². The average Bonchev–Trinajstić information content (AvgIpc) is 2.36. The second-order valence-electron chi connectivity index (χ2n) is 3.16. The van der Waals surface area contributed by atoms with Gasteiger partial charge in [-0.05, 0) is 28.1 Å². The zero-order valence-corrected chi connectivity index (χ0v) is 9.73. The zero-order chi connectivity index (χ0) is 12.6. The highest BCUT2D eigenvalue weighted by Crippen LogP contribution is 2.34. The summed E-state index contributed by atoms with van der Waals surface area (Å²) >= 11 is 2.69. The van der Waals surface area contributed by atoms with Gasteiger partial charge in [-0.15, -0.1) is 0 Å². The molecule has 0 atom stereocenters. The summed E-state index contributed by atoms with van der Waals surface area (Å²) in [7, 11) is 0. The molecule has 1 heterocycles. The number of benzene rings is 1. The summed E-state index contributed by atoms with van der Waals surface area (Å²) < 4.78 is 52.3. The summed E-state index contributed by atoms with van der Waals surface area (Å²) in [5.74, 6) is -6.67. The van der Waals surface area contributed by atoms with E-state index in [2.05, 4.69) is 20.9 Å². The lowest BCUT2D eigenvalue weighted by Crippen LogP contribution is -2.01. The van der Waals surface area contributed by atoms with Crippen molar-refractivity contribution in [1.82, 2.24) is 4.98 Å². The lowest BCUT2D eigenvalue weighted by molar-refractivity contribution is 0.408. The first-order valence-electron chi connectivity index (χ1n) is 4.47. The third-order valence-corrected chi connectivity index (χ3v) is 2.88. The Morgan fingerprint density at radius 2 is 1.53 bits per heavy atom. The minimum absolute atomic E-state index is 0.00896. The van der Waals surface area contributed by atoms with Crippen molar-refractivity contribution in [3.8, 4) is 11.3 Å². The number of aromatic nitrogens is 1. The van der Waals surface area contributed by atoms with Gasteiger partial charge < -0.3 is 0 Å². The Balaban J connectivity index is 2.80. The highest BCUT2D eigenvalue weighted by molar-refractivity contribution is 9.10. The van der Waals surface area contributed by atoms with Crippen LogP contribution in [0, 0.1) is 23.3 Å². The lowest BCUT2D eigenvalue weighted by atomic mass is 10.1. The van der Waals surface area contributed by atoms with Crippen molar-refractivity contribution >= 4 is 15.9 Å². The van der Waals surface area contributed by atoms with E-state index >= 15 is 0 Å². The molecule has 0 aliphatic heterocycles. The molecule has 17 heavy (non-hydrogen) atoms. The normalized spacial score (nSPS) is 10.6. The van der Waals surface area contributed by atoms with Crippen LogP contribution in [0.1, 0.15) is 0 Å². The van der Waals surface area contributed by atoms with Crippen LogP contribution in [0.5, 0.6) is 0 Å². The van der Waals surface area contributed by atoms with Gasteiger partial charge in [-0.25, -0.2) is 17.6 Å². The summed E-state index contributed by atoms with van der Waals surface area (Å²) in [6, 6.07) is 4.44. The third-order valence-electron chi connectivity index (χ3n) is 2.13. The summed E-state index contributed by atoms with van der Waals surface area (Å²) in [5.41, 5.74) is -0.434. The maximum Gasteiger partial charge on any atom is 0.198 e. The first-order chi connectivity index (χ1) is 8.04. The summed E-state index contributed by atoms with van der Waals surface area (Å²) in [6.45, 7) is 0. The molecule has 0 bridgehead atoms. The van der Waals surface area contributed by atoms with Gasteiger partial charge in [0.2, 0.25) is 0 Å². The number of pyridine rings is 1. The molecule has 0 fully saturated rings. The largest absolute Gasteiger partial charge is 0.256 e. The Hall–Kier alpha value is -1.43. The number of halogens is 5. The predicted molar refractivity (Wildman–Crippen MR) is 57.2 cm³/mol. The quantitative estimate of drug-likeness (QED) is 0.440. The van der Waals surface area contributed by atoms with Crippen LogP contribution in [0.15, 0.2) is 28.9 Å². The van der Waals surface area contributed by atoms with Crippen molar-refractivity contribution in [2.45, 2.75) is 0 Å². The van der Waals surface area contributed by atoms with Crippen LogP contribution >= 0.6 is 15.9 Å². The molecule has 0 unspecified atom stereocenters. The van der Waals surface area contributed by atoms with Gasteiger partial charge >= 0.3 is 0 Å². The predicted octanol–water partition coefficient (Wildman–Crippen LogP) is 4.07. The van der Waals surface area contributed by atoms with E-state index in [0.717, 1.165) is 0 Å². The standard InChI is InChI=1S/C11H4BrF4N/c12-7-6(5-3-1-2-4-17-5)8(13)10(15)11(16)9(7)14/h1-4H. The SMILES string of the molecule is Fc1c(F)c(F)c(-c2ccccn2)c(Br)c1F. The molecule has 0 saturated carbocycles. The van der Waals surface area contributed by atoms with Crippen molar-refractivity contribution in [2.24, 2.45) is 0 Å². The fourth-order valence-electron chi connectivity index (χ4n) is 1.34. The van der Waals surface area contributed by atoms with Crippen LogP contribution < -0.4 is 0 Å². The molecule has 88 valence electrons. The van der Waals surface area contributed by atoms with Crippen LogP contribution in [0.2, 0.25) is 0 Å². The fraction of sp³-hybridized carbons (Fsp3) is 0. The molecule has 0 spiro atoms. The Morgan fingerprint density at radius 1 is 0.882 bits per heavy atom. The van der Waals surface area contributed by atoms with Gasteiger partial charge in [-0.1, -0.05) is 6.07 Å². The van der Waals surface area contributed by atoms with Gasteiger partial charge in [0, 0.05) is 6.20 Å². The summed E-state index contributed by atoms with van der Waals surface area (Å²) in [6.07, 6.45) is 1.33. The van der Waals surface area contributed by atoms with Gasteiger partial charge in [0.05, 0.1) is 15.7 Å². The van der Waals surface area contributed by atoms with Crippen LogP contribution in [0.25, 0.3) is 11.3 Å². The molecule has 0 aliphatic carbocycles. The molecule has 0 amide bonds. The first-order valence-corrected chi connectivity index (χ1v) is 5.26. The molecule has 2 aromatic rings. The van der Waals surface area contributed by atoms with E-state index in [-0.39, 0.29) is 5.69 Å². The lowest BCUT2D eigenvalue weighted by Gasteiger charge is -2.08. The Labute approximate surface area is 102 Å². The van der Waals surface area contributed by atoms with Crippen LogP contribution in [-0.2, 0) is 0 Å². The monoisotopic (exact) mass is 305 g/mol. The second-order valence-corrected chi connectivity index (χ2v) is 3.95. The zero-order valence-electron chi connectivity index (χ0n) is 8.15. The highest BCUT2D eigenvalue weighted by Gasteiger charge is 2.25. The van der Waals surface area contributed by atoms with Crippen molar-refractivity contribution < 1.29 is 17.6 Å². The van der Waals surface area contributed by atoms with Crippen molar-refractivity contribution in [1.29, 1.82) is 0 Å². The molecule has 6 heteroatoms. The van der Waals surface area contributed by atoms with Crippen LogP contribution in [0.3, 0.4) is 0 Å². The first kappa shape index (κ1) is 12.0. The van der Waals surface area contributed by atoms with E-state index in [1.165, 1.54) is 18.3 Å². The van der Waals surface area contributed by atoms with Gasteiger partial charge in [0.1, 0.15) is 0 Å². The maximum absolute atomic E-state index is 13.5. The number of nitrogens with zero attached hydrogens (tertiary/aromatic N) is 1. The molecule has 0 saturated heterocycles. The smallest absolute Gasteiger partial charge is 0.198 e. The molecule has 0 aliphatic rings. The molecular weight excluding hydrogens is 302 g/mol. The highest BCUT2D eigenvalue weighted by atomic mass is 79.9. The molecule has 1 aromatic carbocycles. The Kier molecular flexibility index (Phi) is 3.15. The topological polar surface area (TPSA) is 12.9 Å². The van der Waals surface area contributed by atoms with Crippen molar-refractivity contribution in [3.05, 3.63) is 52.1 Å².